The van der Waals surface area contributed by atoms with Gasteiger partial charge in [0.25, 0.3) is 5.91 Å². The molecule has 0 spiro atoms. The van der Waals surface area contributed by atoms with Gasteiger partial charge in [-0.15, -0.1) is 0 Å². The second-order valence-electron chi connectivity index (χ2n) is 5.00. The van der Waals surface area contributed by atoms with E-state index in [0.717, 1.165) is 0 Å². The van der Waals surface area contributed by atoms with Crippen molar-refractivity contribution in [3.63, 3.8) is 0 Å². The van der Waals surface area contributed by atoms with Crippen molar-refractivity contribution in [2.45, 2.75) is 19.9 Å². The lowest BCUT2D eigenvalue weighted by Crippen LogP contribution is -2.43. The molecule has 1 atom stereocenters. The minimum Gasteiger partial charge on any atom is -0.399 e. The number of methoxy groups -OCH3 is 2. The topological polar surface area (TPSA) is 64.8 Å². The number of nitrogen functional groups attached to an aromatic ring is 1. The molecule has 1 amide bonds. The maximum absolute atomic E-state index is 14.2. The van der Waals surface area contributed by atoms with Gasteiger partial charge in [0.15, 0.2) is 0 Å². The van der Waals surface area contributed by atoms with Gasteiger partial charge < -0.3 is 20.1 Å². The Hall–Kier alpha value is -1.66. The van der Waals surface area contributed by atoms with E-state index in [1.807, 2.05) is 6.92 Å². The van der Waals surface area contributed by atoms with Crippen LogP contribution in [0.5, 0.6) is 0 Å². The van der Waals surface area contributed by atoms with Crippen molar-refractivity contribution >= 4 is 11.6 Å². The number of benzene rings is 1. The van der Waals surface area contributed by atoms with E-state index in [4.69, 9.17) is 15.2 Å². The zero-order chi connectivity index (χ0) is 16.0. The third-order valence-electron chi connectivity index (χ3n) is 3.24. The molecular weight excluding hydrogens is 275 g/mol. The average molecular weight is 298 g/mol. The first-order valence-electron chi connectivity index (χ1n) is 6.76. The minimum absolute atomic E-state index is 0.0217. The van der Waals surface area contributed by atoms with Crippen LogP contribution in [0.2, 0.25) is 0 Å². The number of carbonyl (C=O) groups excluding carboxylic acids is 1. The highest BCUT2D eigenvalue weighted by Gasteiger charge is 2.24. The molecule has 1 aromatic carbocycles. The molecule has 21 heavy (non-hydrogen) atoms. The Morgan fingerprint density at radius 1 is 1.38 bits per heavy atom. The van der Waals surface area contributed by atoms with Crippen molar-refractivity contribution in [2.75, 3.05) is 39.7 Å². The Balaban J connectivity index is 3.09. The van der Waals surface area contributed by atoms with E-state index in [1.165, 1.54) is 17.0 Å². The first-order chi connectivity index (χ1) is 9.92. The Labute approximate surface area is 124 Å². The molecule has 1 unspecified atom stereocenters. The van der Waals surface area contributed by atoms with Crippen molar-refractivity contribution in [3.8, 4) is 0 Å². The van der Waals surface area contributed by atoms with Crippen molar-refractivity contribution in [2.24, 2.45) is 0 Å². The van der Waals surface area contributed by atoms with Gasteiger partial charge in [0.1, 0.15) is 5.82 Å². The van der Waals surface area contributed by atoms with E-state index in [9.17, 15) is 9.18 Å². The molecule has 0 aliphatic rings. The summed E-state index contributed by atoms with van der Waals surface area (Å²) in [5.74, 6) is -0.953. The van der Waals surface area contributed by atoms with Crippen LogP contribution in [0.3, 0.4) is 0 Å². The summed E-state index contributed by atoms with van der Waals surface area (Å²) in [6, 6.07) is 2.67. The Morgan fingerprint density at radius 2 is 2.05 bits per heavy atom. The highest BCUT2D eigenvalue weighted by Crippen LogP contribution is 2.20. The molecule has 6 heteroatoms. The largest absolute Gasteiger partial charge is 0.399 e. The molecule has 0 radical (unpaired) electrons. The van der Waals surface area contributed by atoms with Gasteiger partial charge in [0, 0.05) is 26.5 Å². The molecule has 0 aliphatic heterocycles. The van der Waals surface area contributed by atoms with Crippen molar-refractivity contribution in [1.82, 2.24) is 4.90 Å². The molecule has 5 nitrogen and oxygen atoms in total. The fourth-order valence-corrected chi connectivity index (χ4v) is 2.15. The van der Waals surface area contributed by atoms with E-state index in [-0.39, 0.29) is 11.6 Å². The first-order valence-corrected chi connectivity index (χ1v) is 6.76. The Morgan fingerprint density at radius 3 is 2.62 bits per heavy atom. The first kappa shape index (κ1) is 17.4. The van der Waals surface area contributed by atoms with E-state index in [2.05, 4.69) is 0 Å². The summed E-state index contributed by atoms with van der Waals surface area (Å²) in [5, 5.41) is 0. The molecule has 0 fully saturated rings. The fourth-order valence-electron chi connectivity index (χ4n) is 2.15. The second-order valence-corrected chi connectivity index (χ2v) is 5.00. The van der Waals surface area contributed by atoms with Gasteiger partial charge in [-0.05, 0) is 31.5 Å². The highest BCUT2D eigenvalue weighted by molar-refractivity contribution is 5.95. The van der Waals surface area contributed by atoms with Crippen LogP contribution >= 0.6 is 0 Å². The normalized spacial score (nSPS) is 12.2. The van der Waals surface area contributed by atoms with Crippen molar-refractivity contribution in [1.29, 1.82) is 0 Å². The number of aryl methyl sites for hydroxylation is 1. The zero-order valence-electron chi connectivity index (χ0n) is 13.0. The van der Waals surface area contributed by atoms with E-state index in [1.54, 1.807) is 21.1 Å². The molecule has 0 aromatic heterocycles. The van der Waals surface area contributed by atoms with Crippen LogP contribution in [0, 0.1) is 12.7 Å². The number of hydrogen-bond donors (Lipinski definition) is 1. The summed E-state index contributed by atoms with van der Waals surface area (Å²) < 4.78 is 24.3. The maximum atomic E-state index is 14.2. The molecular formula is C15H23FN2O3. The van der Waals surface area contributed by atoms with Crippen molar-refractivity contribution < 1.29 is 18.7 Å². The third kappa shape index (κ3) is 4.41. The number of nitrogens with two attached hydrogens (primary N) is 1. The fraction of sp³-hybridized carbons (Fsp3) is 0.533. The summed E-state index contributed by atoms with van der Waals surface area (Å²) in [4.78, 5) is 14.1. The summed E-state index contributed by atoms with van der Waals surface area (Å²) >= 11 is 0. The second kappa shape index (κ2) is 7.95. The number of nitrogens with zero attached hydrogens (tertiary/aromatic N) is 1. The molecule has 0 saturated carbocycles. The number of ether oxygens (including phenoxy) is 2. The van der Waals surface area contributed by atoms with Crippen LogP contribution in [0.4, 0.5) is 10.1 Å². The van der Waals surface area contributed by atoms with E-state index in [0.29, 0.717) is 31.0 Å². The summed E-state index contributed by atoms with van der Waals surface area (Å²) in [6.07, 6.45) is 0. The predicted molar refractivity (Wildman–Crippen MR) is 79.8 cm³/mol. The third-order valence-corrected chi connectivity index (χ3v) is 3.24. The quantitative estimate of drug-likeness (QED) is 0.780. The SMILES string of the molecule is COCCN(C(=O)c1cc(N)cc(C)c1F)C(C)COC. The molecule has 0 aliphatic carbocycles. The van der Waals surface area contributed by atoms with Gasteiger partial charge in [-0.25, -0.2) is 4.39 Å². The van der Waals surface area contributed by atoms with Gasteiger partial charge in [-0.3, -0.25) is 4.79 Å². The number of halogens is 1. The summed E-state index contributed by atoms with van der Waals surface area (Å²) in [6.45, 7) is 4.50. The summed E-state index contributed by atoms with van der Waals surface area (Å²) in [7, 11) is 3.11. The number of amides is 1. The van der Waals surface area contributed by atoms with Gasteiger partial charge >= 0.3 is 0 Å². The van der Waals surface area contributed by atoms with Crippen LogP contribution in [-0.2, 0) is 9.47 Å². The maximum Gasteiger partial charge on any atom is 0.257 e. The minimum atomic E-state index is -0.541. The molecule has 2 N–H and O–H groups in total. The van der Waals surface area contributed by atoms with Crippen LogP contribution in [0.15, 0.2) is 12.1 Å². The van der Waals surface area contributed by atoms with E-state index < -0.39 is 11.7 Å². The van der Waals surface area contributed by atoms with Crippen LogP contribution in [-0.4, -0.2) is 50.8 Å². The number of hydrogen-bond acceptors (Lipinski definition) is 4. The Bertz CT molecular complexity index is 494. The van der Waals surface area contributed by atoms with E-state index >= 15 is 0 Å². The Kier molecular flexibility index (Phi) is 6.58. The molecule has 1 rings (SSSR count). The standard InChI is InChI=1S/C15H23FN2O3/c1-10-7-12(17)8-13(14(10)16)15(19)18(5-6-20-3)11(2)9-21-4/h7-8,11H,5-6,9,17H2,1-4H3. The van der Waals surface area contributed by atoms with Crippen LogP contribution < -0.4 is 5.73 Å². The number of carbonyl (C=O) groups is 1. The van der Waals surface area contributed by atoms with Gasteiger partial charge in [0.05, 0.1) is 24.8 Å². The number of rotatable bonds is 7. The zero-order valence-corrected chi connectivity index (χ0v) is 13.0. The van der Waals surface area contributed by atoms with Gasteiger partial charge in [0.2, 0.25) is 0 Å². The molecule has 0 saturated heterocycles. The number of anilines is 1. The highest BCUT2D eigenvalue weighted by atomic mass is 19.1. The average Bonchev–Trinajstić information content (AvgIpc) is 2.43. The summed E-state index contributed by atoms with van der Waals surface area (Å²) in [5.41, 5.74) is 6.41. The monoisotopic (exact) mass is 298 g/mol. The van der Waals surface area contributed by atoms with Crippen LogP contribution in [0.1, 0.15) is 22.8 Å². The lowest BCUT2D eigenvalue weighted by atomic mass is 10.1. The molecule has 0 heterocycles. The van der Waals surface area contributed by atoms with Gasteiger partial charge in [-0.2, -0.15) is 0 Å². The molecule has 1 aromatic rings. The van der Waals surface area contributed by atoms with Gasteiger partial charge in [-0.1, -0.05) is 0 Å². The van der Waals surface area contributed by atoms with Crippen LogP contribution in [0.25, 0.3) is 0 Å². The molecule has 118 valence electrons. The lowest BCUT2D eigenvalue weighted by molar-refractivity contribution is 0.0475. The molecule has 0 bridgehead atoms. The van der Waals surface area contributed by atoms with Crippen molar-refractivity contribution in [3.05, 3.63) is 29.1 Å². The smallest absolute Gasteiger partial charge is 0.257 e. The lowest BCUT2D eigenvalue weighted by Gasteiger charge is -2.29. The predicted octanol–water partition coefficient (Wildman–Crippen LogP) is 1.84.